The molecule has 0 saturated heterocycles. The average molecular weight is 237 g/mol. The summed E-state index contributed by atoms with van der Waals surface area (Å²) in [6.45, 7) is 5.43. The summed E-state index contributed by atoms with van der Waals surface area (Å²) in [6.07, 6.45) is 2.56. The van der Waals surface area contributed by atoms with Gasteiger partial charge in [-0.25, -0.2) is 4.39 Å². The molecule has 1 fully saturated rings. The molecule has 0 spiro atoms. The fourth-order valence-corrected chi connectivity index (χ4v) is 1.97. The Morgan fingerprint density at radius 1 is 1.47 bits per heavy atom. The first-order chi connectivity index (χ1) is 8.20. The van der Waals surface area contributed by atoms with E-state index >= 15 is 0 Å². The van der Waals surface area contributed by atoms with Crippen molar-refractivity contribution in [3.63, 3.8) is 0 Å². The molecule has 1 unspecified atom stereocenters. The van der Waals surface area contributed by atoms with Gasteiger partial charge in [-0.05, 0) is 43.9 Å². The summed E-state index contributed by atoms with van der Waals surface area (Å²) in [4.78, 5) is 0. The molecule has 0 bridgehead atoms. The summed E-state index contributed by atoms with van der Waals surface area (Å²) < 4.78 is 19.0. The Morgan fingerprint density at radius 2 is 2.24 bits per heavy atom. The van der Waals surface area contributed by atoms with Gasteiger partial charge in [-0.15, -0.1) is 0 Å². The highest BCUT2D eigenvalue weighted by molar-refractivity contribution is 5.28. The van der Waals surface area contributed by atoms with E-state index in [1.165, 1.54) is 18.9 Å². The molecule has 0 radical (unpaired) electrons. The molecule has 1 N–H and O–H groups in total. The van der Waals surface area contributed by atoms with Gasteiger partial charge in [-0.1, -0.05) is 13.0 Å². The number of aryl methyl sites for hydroxylation is 1. The van der Waals surface area contributed by atoms with Gasteiger partial charge >= 0.3 is 0 Å². The summed E-state index contributed by atoms with van der Waals surface area (Å²) in [5.41, 5.74) is 0.655. The molecular weight excluding hydrogens is 217 g/mol. The maximum atomic E-state index is 13.3. The van der Waals surface area contributed by atoms with Crippen LogP contribution in [0.4, 0.5) is 4.39 Å². The zero-order chi connectivity index (χ0) is 12.3. The van der Waals surface area contributed by atoms with Crippen LogP contribution in [0.25, 0.3) is 0 Å². The van der Waals surface area contributed by atoms with Gasteiger partial charge in [-0.3, -0.25) is 0 Å². The second kappa shape index (κ2) is 5.50. The Hall–Kier alpha value is -1.09. The Balaban J connectivity index is 1.89. The number of likely N-dealkylation sites (N-methyl/N-ethyl adjacent to an activating group) is 1. The van der Waals surface area contributed by atoms with Crippen molar-refractivity contribution in [1.29, 1.82) is 0 Å². The van der Waals surface area contributed by atoms with Crippen LogP contribution in [0.2, 0.25) is 0 Å². The lowest BCUT2D eigenvalue weighted by Crippen LogP contribution is -2.36. The molecule has 1 saturated carbocycles. The van der Waals surface area contributed by atoms with Crippen LogP contribution in [0.1, 0.15) is 25.3 Å². The minimum absolute atomic E-state index is 0.200. The first kappa shape index (κ1) is 12.4. The van der Waals surface area contributed by atoms with Crippen LogP contribution in [0.3, 0.4) is 0 Å². The van der Waals surface area contributed by atoms with Gasteiger partial charge in [-0.2, -0.15) is 0 Å². The molecule has 17 heavy (non-hydrogen) atoms. The standard InChI is InChI=1S/C14H20FNO/c1-3-16-14(11-5-6-11)9-17-12-7-4-10(2)13(15)8-12/h4,7-8,11,14,16H,3,5-6,9H2,1-2H3. The first-order valence-corrected chi connectivity index (χ1v) is 6.33. The summed E-state index contributed by atoms with van der Waals surface area (Å²) in [7, 11) is 0. The number of hydrogen-bond acceptors (Lipinski definition) is 2. The molecule has 2 rings (SSSR count). The number of rotatable bonds is 6. The van der Waals surface area contributed by atoms with Crippen molar-refractivity contribution < 1.29 is 9.13 Å². The summed E-state index contributed by atoms with van der Waals surface area (Å²) in [6, 6.07) is 5.45. The van der Waals surface area contributed by atoms with Crippen molar-refractivity contribution in [2.45, 2.75) is 32.7 Å². The van der Waals surface area contributed by atoms with E-state index in [0.717, 1.165) is 12.5 Å². The largest absolute Gasteiger partial charge is 0.492 e. The van der Waals surface area contributed by atoms with Crippen LogP contribution in [0.5, 0.6) is 5.75 Å². The summed E-state index contributed by atoms with van der Waals surface area (Å²) in [5.74, 6) is 1.16. The van der Waals surface area contributed by atoms with E-state index in [9.17, 15) is 4.39 Å². The molecule has 0 aromatic heterocycles. The van der Waals surface area contributed by atoms with Gasteiger partial charge in [0.2, 0.25) is 0 Å². The monoisotopic (exact) mass is 237 g/mol. The van der Waals surface area contributed by atoms with Crippen LogP contribution in [-0.2, 0) is 0 Å². The van der Waals surface area contributed by atoms with E-state index in [4.69, 9.17) is 4.74 Å². The third-order valence-corrected chi connectivity index (χ3v) is 3.23. The van der Waals surface area contributed by atoms with Gasteiger partial charge < -0.3 is 10.1 Å². The van der Waals surface area contributed by atoms with Crippen molar-refractivity contribution >= 4 is 0 Å². The zero-order valence-electron chi connectivity index (χ0n) is 10.5. The van der Waals surface area contributed by atoms with Crippen molar-refractivity contribution in [2.75, 3.05) is 13.2 Å². The maximum absolute atomic E-state index is 13.3. The predicted molar refractivity (Wildman–Crippen MR) is 66.8 cm³/mol. The lowest BCUT2D eigenvalue weighted by molar-refractivity contribution is 0.250. The molecule has 1 aliphatic carbocycles. The van der Waals surface area contributed by atoms with Crippen LogP contribution in [0, 0.1) is 18.7 Å². The van der Waals surface area contributed by atoms with E-state index in [1.54, 1.807) is 13.0 Å². The molecule has 1 aromatic rings. The third-order valence-electron chi connectivity index (χ3n) is 3.23. The molecule has 1 atom stereocenters. The van der Waals surface area contributed by atoms with Crippen molar-refractivity contribution in [2.24, 2.45) is 5.92 Å². The smallest absolute Gasteiger partial charge is 0.129 e. The molecule has 0 amide bonds. The highest BCUT2D eigenvalue weighted by Crippen LogP contribution is 2.32. The summed E-state index contributed by atoms with van der Waals surface area (Å²) in [5, 5.41) is 3.42. The number of nitrogens with one attached hydrogen (secondary N) is 1. The molecule has 1 aromatic carbocycles. The van der Waals surface area contributed by atoms with Gasteiger partial charge in [0.15, 0.2) is 0 Å². The minimum Gasteiger partial charge on any atom is -0.492 e. The fraction of sp³-hybridized carbons (Fsp3) is 0.571. The van der Waals surface area contributed by atoms with Gasteiger partial charge in [0, 0.05) is 12.1 Å². The van der Waals surface area contributed by atoms with E-state index in [0.29, 0.717) is 24.0 Å². The van der Waals surface area contributed by atoms with Crippen LogP contribution >= 0.6 is 0 Å². The Morgan fingerprint density at radius 3 is 2.82 bits per heavy atom. The normalized spacial score (nSPS) is 16.9. The maximum Gasteiger partial charge on any atom is 0.129 e. The van der Waals surface area contributed by atoms with Crippen LogP contribution < -0.4 is 10.1 Å². The van der Waals surface area contributed by atoms with Crippen molar-refractivity contribution in [1.82, 2.24) is 5.32 Å². The topological polar surface area (TPSA) is 21.3 Å². The average Bonchev–Trinajstić information content (AvgIpc) is 3.13. The second-order valence-electron chi connectivity index (χ2n) is 4.72. The van der Waals surface area contributed by atoms with E-state index in [-0.39, 0.29) is 5.82 Å². The van der Waals surface area contributed by atoms with E-state index in [2.05, 4.69) is 12.2 Å². The van der Waals surface area contributed by atoms with Crippen molar-refractivity contribution in [3.8, 4) is 5.75 Å². The minimum atomic E-state index is -0.200. The van der Waals surface area contributed by atoms with Gasteiger partial charge in [0.1, 0.15) is 18.2 Å². The Labute approximate surface area is 102 Å². The SMILES string of the molecule is CCNC(COc1ccc(C)c(F)c1)C1CC1. The van der Waals surface area contributed by atoms with Gasteiger partial charge in [0.05, 0.1) is 0 Å². The Kier molecular flexibility index (Phi) is 4.00. The van der Waals surface area contributed by atoms with Crippen LogP contribution in [-0.4, -0.2) is 19.2 Å². The van der Waals surface area contributed by atoms with E-state index in [1.807, 2.05) is 6.07 Å². The number of halogens is 1. The van der Waals surface area contributed by atoms with E-state index < -0.39 is 0 Å². The Bertz CT molecular complexity index is 376. The van der Waals surface area contributed by atoms with Gasteiger partial charge in [0.25, 0.3) is 0 Å². The lowest BCUT2D eigenvalue weighted by atomic mass is 10.2. The summed E-state index contributed by atoms with van der Waals surface area (Å²) >= 11 is 0. The zero-order valence-corrected chi connectivity index (χ0v) is 10.5. The molecule has 1 aliphatic rings. The number of hydrogen-bond donors (Lipinski definition) is 1. The molecule has 0 heterocycles. The molecule has 3 heteroatoms. The molecule has 0 aliphatic heterocycles. The highest BCUT2D eigenvalue weighted by Gasteiger charge is 2.30. The predicted octanol–water partition coefficient (Wildman–Crippen LogP) is 2.90. The molecule has 2 nitrogen and oxygen atoms in total. The fourth-order valence-electron chi connectivity index (χ4n) is 1.97. The quantitative estimate of drug-likeness (QED) is 0.821. The van der Waals surface area contributed by atoms with Crippen molar-refractivity contribution in [3.05, 3.63) is 29.6 Å². The second-order valence-corrected chi connectivity index (χ2v) is 4.72. The number of ether oxygens (including phenoxy) is 1. The number of benzene rings is 1. The van der Waals surface area contributed by atoms with Crippen LogP contribution in [0.15, 0.2) is 18.2 Å². The molecular formula is C14H20FNO. The third kappa shape index (κ3) is 3.43. The lowest BCUT2D eigenvalue weighted by Gasteiger charge is -2.18. The highest BCUT2D eigenvalue weighted by atomic mass is 19.1. The first-order valence-electron chi connectivity index (χ1n) is 6.33. The molecule has 94 valence electrons.